The maximum absolute atomic E-state index is 12.7. The molecule has 0 aromatic rings. The summed E-state index contributed by atoms with van der Waals surface area (Å²) in [5.41, 5.74) is 0. The van der Waals surface area contributed by atoms with E-state index >= 15 is 0 Å². The fourth-order valence-electron chi connectivity index (χ4n) is 3.03. The quantitative estimate of drug-likeness (QED) is 0.265. The van der Waals surface area contributed by atoms with Crippen LogP contribution in [0.15, 0.2) is 0 Å². The highest BCUT2D eigenvalue weighted by molar-refractivity contribution is 7.53. The van der Waals surface area contributed by atoms with E-state index in [-0.39, 0.29) is 0 Å². The van der Waals surface area contributed by atoms with Crippen LogP contribution in [-0.4, -0.2) is 98.7 Å². The largest absolute Gasteiger partial charge is 0.394 e. The van der Waals surface area contributed by atoms with Crippen molar-refractivity contribution < 1.29 is 53.7 Å². The van der Waals surface area contributed by atoms with Crippen LogP contribution in [0.1, 0.15) is 13.8 Å². The van der Waals surface area contributed by atoms with Crippen molar-refractivity contribution >= 4 is 7.60 Å². The molecule has 0 bridgehead atoms. The first kappa shape index (κ1) is 21.1. The van der Waals surface area contributed by atoms with E-state index < -0.39 is 69.0 Å². The number of rotatable bonds is 6. The summed E-state index contributed by atoms with van der Waals surface area (Å²) in [5, 5.41) is 57.9. The lowest BCUT2D eigenvalue weighted by Gasteiger charge is -2.35. The van der Waals surface area contributed by atoms with Gasteiger partial charge in [0.15, 0.2) is 0 Å². The van der Waals surface area contributed by atoms with Crippen molar-refractivity contribution in [3.63, 3.8) is 0 Å². The number of aliphatic hydroxyl groups is 6. The van der Waals surface area contributed by atoms with Crippen LogP contribution in [0.4, 0.5) is 0 Å². The Kier molecular flexibility index (Phi) is 6.00. The average Bonchev–Trinajstić information content (AvgIpc) is 2.85. The summed E-state index contributed by atoms with van der Waals surface area (Å²) in [5.74, 6) is -3.90. The maximum Gasteiger partial charge on any atom is 0.332 e. The normalized spacial score (nSPS) is 50.1. The summed E-state index contributed by atoms with van der Waals surface area (Å²) in [6, 6.07) is 0. The second kappa shape index (κ2) is 7.10. The molecule has 0 amide bonds. The van der Waals surface area contributed by atoms with Crippen LogP contribution in [0.2, 0.25) is 0 Å². The highest BCUT2D eigenvalue weighted by Crippen LogP contribution is 2.55. The van der Waals surface area contributed by atoms with Crippen LogP contribution in [0.25, 0.3) is 0 Å². The van der Waals surface area contributed by atoms with Crippen molar-refractivity contribution in [2.45, 2.75) is 62.0 Å². The van der Waals surface area contributed by atoms with Gasteiger partial charge in [-0.3, -0.25) is 13.6 Å². The molecule has 0 spiro atoms. The summed E-state index contributed by atoms with van der Waals surface area (Å²) in [7, 11) is -4.08. The van der Waals surface area contributed by atoms with Gasteiger partial charge in [0.1, 0.15) is 36.6 Å². The molecule has 8 atom stereocenters. The Morgan fingerprint density at radius 2 is 1.20 bits per heavy atom. The van der Waals surface area contributed by atoms with Gasteiger partial charge in [0.25, 0.3) is 0 Å². The molecule has 12 heteroatoms. The van der Waals surface area contributed by atoms with Crippen LogP contribution in [-0.2, 0) is 23.1 Å². The molecule has 0 saturated carbocycles. The van der Waals surface area contributed by atoms with Crippen LogP contribution >= 0.6 is 7.60 Å². The summed E-state index contributed by atoms with van der Waals surface area (Å²) in [6.45, 7) is 2.23. The van der Waals surface area contributed by atoms with E-state index in [1.54, 1.807) is 0 Å². The molecule has 0 aromatic heterocycles. The standard InChI is InChI=1S/C13H25O11P/c1-12(10(18)8(16)6(4-14)21-12)23-25(3,20)24-13(2)11(19)9(17)7(5-15)22-13/h6-11,14-19H,4-5H2,1-3H3/t6-,7-,8-,9-,10-,11-,12?,13?,25?/m1/s1. The molecule has 0 aliphatic carbocycles. The van der Waals surface area contributed by atoms with Gasteiger partial charge < -0.3 is 40.1 Å². The molecule has 2 unspecified atom stereocenters. The maximum atomic E-state index is 12.7. The average molecular weight is 388 g/mol. The third-order valence-electron chi connectivity index (χ3n) is 4.31. The number of hydrogen-bond donors (Lipinski definition) is 6. The Balaban J connectivity index is 2.13. The van der Waals surface area contributed by atoms with Gasteiger partial charge in [-0.05, 0) is 13.8 Å². The minimum Gasteiger partial charge on any atom is -0.394 e. The van der Waals surface area contributed by atoms with Crippen molar-refractivity contribution in [1.82, 2.24) is 0 Å². The molecule has 11 nitrogen and oxygen atoms in total. The summed E-state index contributed by atoms with van der Waals surface area (Å²) in [4.78, 5) is 0. The third-order valence-corrected chi connectivity index (χ3v) is 5.70. The minimum absolute atomic E-state index is 0.601. The smallest absolute Gasteiger partial charge is 0.332 e. The molecule has 2 rings (SSSR count). The first-order chi connectivity index (χ1) is 11.4. The number of hydrogen-bond acceptors (Lipinski definition) is 11. The van der Waals surface area contributed by atoms with Crippen molar-refractivity contribution in [2.24, 2.45) is 0 Å². The van der Waals surface area contributed by atoms with Crippen molar-refractivity contribution in [1.29, 1.82) is 0 Å². The van der Waals surface area contributed by atoms with E-state index in [9.17, 15) is 25.0 Å². The van der Waals surface area contributed by atoms with Crippen molar-refractivity contribution in [2.75, 3.05) is 19.9 Å². The predicted molar refractivity (Wildman–Crippen MR) is 80.5 cm³/mol. The van der Waals surface area contributed by atoms with Crippen LogP contribution in [0, 0.1) is 0 Å². The molecule has 2 saturated heterocycles. The van der Waals surface area contributed by atoms with Gasteiger partial charge in [0, 0.05) is 6.66 Å². The lowest BCUT2D eigenvalue weighted by molar-refractivity contribution is -0.230. The molecule has 148 valence electrons. The number of ether oxygens (including phenoxy) is 2. The first-order valence-electron chi connectivity index (χ1n) is 7.68. The lowest BCUT2D eigenvalue weighted by atomic mass is 10.1. The van der Waals surface area contributed by atoms with Gasteiger partial charge in [-0.2, -0.15) is 0 Å². The Hall–Kier alpha value is -0.170. The van der Waals surface area contributed by atoms with Gasteiger partial charge in [-0.1, -0.05) is 0 Å². The van der Waals surface area contributed by atoms with Gasteiger partial charge in [0.2, 0.25) is 11.6 Å². The van der Waals surface area contributed by atoms with E-state index in [0.717, 1.165) is 6.66 Å². The second-order valence-electron chi connectivity index (χ2n) is 6.53. The highest BCUT2D eigenvalue weighted by Gasteiger charge is 2.58. The van der Waals surface area contributed by atoms with Crippen LogP contribution in [0.5, 0.6) is 0 Å². The topological polar surface area (TPSA) is 175 Å². The zero-order valence-electron chi connectivity index (χ0n) is 14.1. The molecule has 2 heterocycles. The second-order valence-corrected chi connectivity index (χ2v) is 8.44. The molecule has 25 heavy (non-hydrogen) atoms. The van der Waals surface area contributed by atoms with Crippen molar-refractivity contribution in [3.05, 3.63) is 0 Å². The van der Waals surface area contributed by atoms with E-state index in [4.69, 9.17) is 28.7 Å². The predicted octanol–water partition coefficient (Wildman–Crippen LogP) is -2.50. The van der Waals surface area contributed by atoms with Crippen molar-refractivity contribution in [3.8, 4) is 0 Å². The summed E-state index contributed by atoms with van der Waals surface area (Å²) >= 11 is 0. The van der Waals surface area contributed by atoms with E-state index in [1.807, 2.05) is 0 Å². The summed E-state index contributed by atoms with van der Waals surface area (Å²) in [6.07, 6.45) is -8.49. The van der Waals surface area contributed by atoms with Crippen LogP contribution < -0.4 is 0 Å². The molecule has 2 aliphatic heterocycles. The molecule has 2 aliphatic rings. The molecular weight excluding hydrogens is 363 g/mol. The molecule has 0 radical (unpaired) electrons. The fourth-order valence-corrected chi connectivity index (χ4v) is 4.68. The first-order valence-corrected chi connectivity index (χ1v) is 9.67. The number of aliphatic hydroxyl groups excluding tert-OH is 6. The summed E-state index contributed by atoms with van der Waals surface area (Å²) < 4.78 is 33.6. The zero-order valence-corrected chi connectivity index (χ0v) is 14.9. The van der Waals surface area contributed by atoms with Gasteiger partial charge in [-0.15, -0.1) is 0 Å². The van der Waals surface area contributed by atoms with Gasteiger partial charge in [-0.25, -0.2) is 0 Å². The highest BCUT2D eigenvalue weighted by atomic mass is 31.2. The van der Waals surface area contributed by atoms with Gasteiger partial charge >= 0.3 is 7.60 Å². The Morgan fingerprint density at radius 1 is 0.880 bits per heavy atom. The van der Waals surface area contributed by atoms with Crippen LogP contribution in [0.3, 0.4) is 0 Å². The van der Waals surface area contributed by atoms with E-state index in [2.05, 4.69) is 0 Å². The Morgan fingerprint density at radius 3 is 1.44 bits per heavy atom. The Bertz CT molecular complexity index is 490. The van der Waals surface area contributed by atoms with E-state index in [1.165, 1.54) is 13.8 Å². The minimum atomic E-state index is -4.08. The fraction of sp³-hybridized carbons (Fsp3) is 1.00. The molecule has 6 N–H and O–H groups in total. The zero-order chi connectivity index (χ0) is 19.2. The Labute approximate surface area is 144 Å². The lowest BCUT2D eigenvalue weighted by Crippen LogP contribution is -2.45. The molecule has 2 fully saturated rings. The SMILES string of the molecule is CC1(OP(C)(=O)OC2(C)O[C@H](CO)[C@@H](O)[C@H]2O)O[C@H](CO)[C@@H](O)[C@H]1O. The third kappa shape index (κ3) is 3.92. The monoisotopic (exact) mass is 388 g/mol. The molecular formula is C13H25O11P. The molecule has 0 aromatic carbocycles. The van der Waals surface area contributed by atoms with E-state index in [0.29, 0.717) is 0 Å². The van der Waals surface area contributed by atoms with Gasteiger partial charge in [0.05, 0.1) is 13.2 Å².